The molecule has 20 heavy (non-hydrogen) atoms. The molecular weight excluding hydrogens is 261 g/mol. The summed E-state index contributed by atoms with van der Waals surface area (Å²) in [5, 5.41) is 2.19. The van der Waals surface area contributed by atoms with Crippen molar-refractivity contribution in [1.82, 2.24) is 4.30 Å². The van der Waals surface area contributed by atoms with Crippen molar-refractivity contribution in [3.8, 4) is 11.1 Å². The predicted octanol–water partition coefficient (Wildman–Crippen LogP) is 4.11. The molecule has 1 N–H and O–H groups in total. The van der Waals surface area contributed by atoms with Crippen LogP contribution in [0.15, 0.2) is 54.6 Å². The van der Waals surface area contributed by atoms with Gasteiger partial charge in [0.2, 0.25) is 5.91 Å². The highest BCUT2D eigenvalue weighted by Crippen LogP contribution is 2.23. The minimum absolute atomic E-state index is 0.0739. The fourth-order valence-electron chi connectivity index (χ4n) is 2.31. The second-order valence-corrected chi connectivity index (χ2v) is 8.21. The van der Waals surface area contributed by atoms with Gasteiger partial charge in [0, 0.05) is 5.56 Å². The molecule has 0 aliphatic heterocycles. The molecule has 0 atom stereocenters. The molecule has 0 heterocycles. The summed E-state index contributed by atoms with van der Waals surface area (Å²) in [6.45, 7) is 4.31. The molecule has 0 saturated heterocycles. The summed E-state index contributed by atoms with van der Waals surface area (Å²) in [6, 6.07) is 17.9. The van der Waals surface area contributed by atoms with Crippen LogP contribution in [0.4, 0.5) is 0 Å². The first-order valence-electron chi connectivity index (χ1n) is 7.21. The summed E-state index contributed by atoms with van der Waals surface area (Å²) in [6.07, 6.45) is 0. The summed E-state index contributed by atoms with van der Waals surface area (Å²) < 4.78 is 3.24. The van der Waals surface area contributed by atoms with Crippen molar-refractivity contribution < 1.29 is 4.79 Å². The molecular formula is C17H20AlNO. The van der Waals surface area contributed by atoms with E-state index in [2.05, 4.69) is 18.1 Å². The van der Waals surface area contributed by atoms with Crippen LogP contribution in [-0.4, -0.2) is 20.3 Å². The van der Waals surface area contributed by atoms with Crippen molar-refractivity contribution in [2.45, 2.75) is 24.4 Å². The van der Waals surface area contributed by atoms with Crippen LogP contribution < -0.4 is 4.30 Å². The lowest BCUT2D eigenvalue weighted by Crippen LogP contribution is -2.37. The van der Waals surface area contributed by atoms with Crippen LogP contribution in [-0.2, 0) is 0 Å². The first-order valence-corrected chi connectivity index (χ1v) is 9.42. The van der Waals surface area contributed by atoms with E-state index in [0.717, 1.165) is 27.3 Å². The maximum Gasteiger partial charge on any atom is 0.413 e. The van der Waals surface area contributed by atoms with Crippen LogP contribution in [0.1, 0.15) is 24.2 Å². The third-order valence-electron chi connectivity index (χ3n) is 3.58. The molecule has 0 aliphatic rings. The van der Waals surface area contributed by atoms with Crippen molar-refractivity contribution >= 4 is 20.3 Å². The third-order valence-corrected chi connectivity index (χ3v) is 6.22. The average Bonchev–Trinajstić information content (AvgIpc) is 2.53. The molecule has 2 aromatic carbocycles. The van der Waals surface area contributed by atoms with E-state index >= 15 is 0 Å². The van der Waals surface area contributed by atoms with Crippen LogP contribution in [0.2, 0.25) is 10.6 Å². The van der Waals surface area contributed by atoms with Gasteiger partial charge in [0.05, 0.1) is 0 Å². The Morgan fingerprint density at radius 2 is 1.55 bits per heavy atom. The zero-order valence-corrected chi connectivity index (χ0v) is 13.3. The number of nitrogens with one attached hydrogen (secondary N) is 1. The molecule has 0 unspecified atom stereocenters. The molecule has 0 saturated carbocycles. The molecule has 3 heteroatoms. The van der Waals surface area contributed by atoms with Crippen LogP contribution in [0.3, 0.4) is 0 Å². The van der Waals surface area contributed by atoms with Gasteiger partial charge in [0.1, 0.15) is 0 Å². The standard InChI is InChI=1S/C13H11NO.2C2H5.Al/c14-13(15)12-9-5-4-8-11(12)10-6-2-1-3-7-10;2*1-2;/h1-9H,(H2,14,15);2*1H2,2H3;/q;;;+1/p-1. The highest BCUT2D eigenvalue weighted by atomic mass is 27.2. The largest absolute Gasteiger partial charge is 0.442 e. The fourth-order valence-corrected chi connectivity index (χ4v) is 3.82. The van der Waals surface area contributed by atoms with Gasteiger partial charge in [-0.1, -0.05) is 72.9 Å². The second kappa shape index (κ2) is 7.28. The lowest BCUT2D eigenvalue weighted by molar-refractivity contribution is 0.0979. The van der Waals surface area contributed by atoms with Crippen LogP contribution in [0.5, 0.6) is 0 Å². The number of hydrogen-bond acceptors (Lipinski definition) is 1. The molecule has 0 fully saturated rings. The maximum atomic E-state index is 12.5. The Kier molecular flexibility index (Phi) is 5.41. The van der Waals surface area contributed by atoms with Crippen molar-refractivity contribution in [3.63, 3.8) is 0 Å². The summed E-state index contributed by atoms with van der Waals surface area (Å²) in [5.41, 5.74) is 2.87. The lowest BCUT2D eigenvalue weighted by Gasteiger charge is -2.13. The Morgan fingerprint density at radius 3 is 2.20 bits per heavy atom. The summed E-state index contributed by atoms with van der Waals surface area (Å²) in [5.74, 6) is 0.0739. The first kappa shape index (κ1) is 14.8. The Bertz CT molecular complexity index is 564. The summed E-state index contributed by atoms with van der Waals surface area (Å²) in [7, 11) is 0. The number of benzene rings is 2. The van der Waals surface area contributed by atoms with Gasteiger partial charge in [-0.2, -0.15) is 0 Å². The van der Waals surface area contributed by atoms with Gasteiger partial charge < -0.3 is 4.30 Å². The van der Waals surface area contributed by atoms with E-state index in [1.807, 2.05) is 54.6 Å². The SMILES string of the molecule is C[CH2][Al]([CH2]C)[NH]C(=O)c1ccccc1-c1ccccc1. The molecule has 1 amide bonds. The summed E-state index contributed by atoms with van der Waals surface area (Å²) >= 11 is -1.13. The molecule has 0 radical (unpaired) electrons. The van der Waals surface area contributed by atoms with Gasteiger partial charge in [-0.15, -0.1) is 0 Å². The molecule has 102 valence electrons. The minimum atomic E-state index is -1.13. The highest BCUT2D eigenvalue weighted by Gasteiger charge is 2.19. The number of carbonyl (C=O) groups is 1. The normalized spacial score (nSPS) is 10.1. The quantitative estimate of drug-likeness (QED) is 0.821. The van der Waals surface area contributed by atoms with Crippen LogP contribution >= 0.6 is 0 Å². The fraction of sp³-hybridized carbons (Fsp3) is 0.235. The number of rotatable bonds is 5. The zero-order chi connectivity index (χ0) is 14.4. The van der Waals surface area contributed by atoms with Gasteiger partial charge in [0.25, 0.3) is 0 Å². The number of hydrogen-bond donors (Lipinski definition) is 1. The van der Waals surface area contributed by atoms with Crippen LogP contribution in [0, 0.1) is 0 Å². The van der Waals surface area contributed by atoms with Crippen molar-refractivity contribution in [1.29, 1.82) is 0 Å². The summed E-state index contributed by atoms with van der Waals surface area (Å²) in [4.78, 5) is 12.5. The topological polar surface area (TPSA) is 29.1 Å². The molecule has 2 rings (SSSR count). The maximum absolute atomic E-state index is 12.5. The van der Waals surface area contributed by atoms with E-state index in [0.29, 0.717) is 0 Å². The lowest BCUT2D eigenvalue weighted by atomic mass is 9.99. The zero-order valence-electron chi connectivity index (χ0n) is 12.1. The molecule has 0 aliphatic carbocycles. The van der Waals surface area contributed by atoms with Crippen molar-refractivity contribution in [2.24, 2.45) is 0 Å². The predicted molar refractivity (Wildman–Crippen MR) is 86.1 cm³/mol. The van der Waals surface area contributed by atoms with E-state index < -0.39 is 14.4 Å². The van der Waals surface area contributed by atoms with Crippen molar-refractivity contribution in [2.75, 3.05) is 0 Å². The Morgan fingerprint density at radius 1 is 0.950 bits per heavy atom. The Labute approximate surface area is 125 Å². The van der Waals surface area contributed by atoms with Gasteiger partial charge in [-0.25, -0.2) is 0 Å². The Balaban J connectivity index is 2.31. The average molecular weight is 281 g/mol. The molecule has 2 nitrogen and oxygen atoms in total. The number of amides is 1. The first-order chi connectivity index (χ1) is 9.76. The number of carbonyl (C=O) groups excluding carboxylic acids is 1. The smallest absolute Gasteiger partial charge is 0.413 e. The van der Waals surface area contributed by atoms with E-state index in [4.69, 9.17) is 0 Å². The monoisotopic (exact) mass is 281 g/mol. The molecule has 0 spiro atoms. The van der Waals surface area contributed by atoms with Gasteiger partial charge in [-0.05, 0) is 17.2 Å². The molecule has 0 bridgehead atoms. The van der Waals surface area contributed by atoms with Crippen LogP contribution in [0.25, 0.3) is 11.1 Å². The minimum Gasteiger partial charge on any atom is -0.442 e. The molecule has 0 aromatic heterocycles. The van der Waals surface area contributed by atoms with E-state index in [1.165, 1.54) is 0 Å². The van der Waals surface area contributed by atoms with E-state index in [1.54, 1.807) is 0 Å². The Hall–Kier alpha value is -1.56. The van der Waals surface area contributed by atoms with Gasteiger partial charge >= 0.3 is 14.4 Å². The van der Waals surface area contributed by atoms with E-state index in [9.17, 15) is 4.79 Å². The van der Waals surface area contributed by atoms with Gasteiger partial charge in [-0.3, -0.25) is 4.79 Å². The van der Waals surface area contributed by atoms with Crippen molar-refractivity contribution in [3.05, 3.63) is 60.2 Å². The van der Waals surface area contributed by atoms with E-state index in [-0.39, 0.29) is 5.91 Å². The molecule has 2 aromatic rings. The second-order valence-electron chi connectivity index (χ2n) is 4.90. The third kappa shape index (κ3) is 3.51. The highest BCUT2D eigenvalue weighted by molar-refractivity contribution is 6.59. The van der Waals surface area contributed by atoms with Gasteiger partial charge in [0.15, 0.2) is 0 Å².